The summed E-state index contributed by atoms with van der Waals surface area (Å²) in [5.41, 5.74) is 3.90. The molecule has 0 saturated carbocycles. The lowest BCUT2D eigenvalue weighted by molar-refractivity contribution is -0.200. The smallest absolute Gasteiger partial charge is 0.425 e. The number of carbonyl (C=O) groups is 1. The predicted molar refractivity (Wildman–Crippen MR) is 126 cm³/mol. The van der Waals surface area contributed by atoms with Crippen LogP contribution in [0.4, 0.5) is 23.7 Å². The van der Waals surface area contributed by atoms with Gasteiger partial charge in [-0.2, -0.15) is 13.2 Å². The van der Waals surface area contributed by atoms with Gasteiger partial charge in [-0.15, -0.1) is 0 Å². The molecule has 3 aliphatic rings. The molecule has 0 radical (unpaired) electrons. The number of anilines is 1. The highest BCUT2D eigenvalue weighted by molar-refractivity contribution is 5.68. The maximum Gasteiger partial charge on any atom is 0.425 e. The van der Waals surface area contributed by atoms with Crippen LogP contribution in [0, 0.1) is 6.92 Å². The summed E-state index contributed by atoms with van der Waals surface area (Å²) in [5, 5.41) is 0. The van der Waals surface area contributed by atoms with Crippen molar-refractivity contribution < 1.29 is 22.7 Å². The quantitative estimate of drug-likeness (QED) is 0.641. The highest BCUT2D eigenvalue weighted by Crippen LogP contribution is 2.40. The van der Waals surface area contributed by atoms with Crippen LogP contribution in [0.3, 0.4) is 0 Å². The summed E-state index contributed by atoms with van der Waals surface area (Å²) in [4.78, 5) is 21.1. The van der Waals surface area contributed by atoms with E-state index in [-0.39, 0.29) is 5.54 Å². The van der Waals surface area contributed by atoms with Crippen LogP contribution in [-0.4, -0.2) is 91.5 Å². The Labute approximate surface area is 200 Å². The molecule has 3 saturated heterocycles. The van der Waals surface area contributed by atoms with Crippen LogP contribution in [0.25, 0.3) is 0 Å². The SMILES string of the molecule is Cc1ccc(CN2CCCC23CCN(C(=O)OC(C)C(F)(F)F)CC3)c(N2CCN(C)CC2)c1. The highest BCUT2D eigenvalue weighted by atomic mass is 19.4. The van der Waals surface area contributed by atoms with Crippen molar-refractivity contribution in [3.8, 4) is 0 Å². The number of carbonyl (C=O) groups excluding carboxylic acids is 1. The largest absolute Gasteiger partial charge is 0.437 e. The van der Waals surface area contributed by atoms with E-state index >= 15 is 0 Å². The Morgan fingerprint density at radius 2 is 1.74 bits per heavy atom. The third-order valence-electron chi connectivity index (χ3n) is 7.88. The van der Waals surface area contributed by atoms with E-state index in [9.17, 15) is 18.0 Å². The first-order valence-corrected chi connectivity index (χ1v) is 12.4. The lowest BCUT2D eigenvalue weighted by Crippen LogP contribution is -2.53. The van der Waals surface area contributed by atoms with Crippen LogP contribution >= 0.6 is 0 Å². The first kappa shape index (κ1) is 25.1. The molecule has 1 aromatic rings. The van der Waals surface area contributed by atoms with E-state index in [1.807, 2.05) is 0 Å². The third kappa shape index (κ3) is 5.46. The van der Waals surface area contributed by atoms with Crippen molar-refractivity contribution in [2.45, 2.75) is 63.9 Å². The molecule has 6 nitrogen and oxygen atoms in total. The zero-order valence-electron chi connectivity index (χ0n) is 20.5. The number of likely N-dealkylation sites (N-methyl/N-ethyl adjacent to an activating group) is 1. The van der Waals surface area contributed by atoms with Crippen LogP contribution in [-0.2, 0) is 11.3 Å². The highest BCUT2D eigenvalue weighted by Gasteiger charge is 2.45. The average Bonchev–Trinajstić information content (AvgIpc) is 3.16. The molecule has 3 heterocycles. The maximum absolute atomic E-state index is 12.8. The van der Waals surface area contributed by atoms with Gasteiger partial charge in [-0.3, -0.25) is 4.90 Å². The van der Waals surface area contributed by atoms with E-state index in [4.69, 9.17) is 0 Å². The van der Waals surface area contributed by atoms with Gasteiger partial charge in [0.15, 0.2) is 6.10 Å². The minimum atomic E-state index is -4.54. The van der Waals surface area contributed by atoms with Gasteiger partial charge in [0.2, 0.25) is 0 Å². The van der Waals surface area contributed by atoms with Gasteiger partial charge in [-0.05, 0) is 70.3 Å². The predicted octanol–water partition coefficient (Wildman–Crippen LogP) is 4.26. The number of rotatable bonds is 4. The first-order chi connectivity index (χ1) is 16.1. The second-order valence-electron chi connectivity index (χ2n) is 10.2. The summed E-state index contributed by atoms with van der Waals surface area (Å²) in [6, 6.07) is 6.72. The second-order valence-corrected chi connectivity index (χ2v) is 10.2. The number of alkyl halides is 3. The van der Waals surface area contributed by atoms with E-state index in [2.05, 4.69) is 51.6 Å². The lowest BCUT2D eigenvalue weighted by Gasteiger charge is -2.45. The molecule has 1 amide bonds. The van der Waals surface area contributed by atoms with E-state index < -0.39 is 18.4 Å². The van der Waals surface area contributed by atoms with Crippen molar-refractivity contribution in [3.05, 3.63) is 29.3 Å². The molecule has 0 aromatic heterocycles. The molecule has 1 atom stereocenters. The summed E-state index contributed by atoms with van der Waals surface area (Å²) in [6.45, 7) is 9.88. The molecule has 3 fully saturated rings. The minimum absolute atomic E-state index is 0.00328. The van der Waals surface area contributed by atoms with Crippen molar-refractivity contribution in [1.29, 1.82) is 0 Å². The molecule has 34 heavy (non-hydrogen) atoms. The molecule has 3 aliphatic heterocycles. The number of hydrogen-bond acceptors (Lipinski definition) is 5. The van der Waals surface area contributed by atoms with Gasteiger partial charge >= 0.3 is 12.3 Å². The second kappa shape index (κ2) is 9.93. The van der Waals surface area contributed by atoms with Gasteiger partial charge in [-0.25, -0.2) is 4.79 Å². The van der Waals surface area contributed by atoms with Crippen molar-refractivity contribution in [2.75, 3.05) is 57.8 Å². The number of piperidine rings is 1. The fourth-order valence-corrected chi connectivity index (χ4v) is 5.56. The van der Waals surface area contributed by atoms with E-state index in [1.165, 1.54) is 21.7 Å². The number of benzene rings is 1. The molecular weight excluding hydrogens is 445 g/mol. The summed E-state index contributed by atoms with van der Waals surface area (Å²) in [6.07, 6.45) is -3.80. The standard InChI is InChI=1S/C25H37F3N4O2/c1-19-5-6-21(22(17-19)30-15-13-29(3)14-16-30)18-32-10-4-7-24(32)8-11-31(12-9-24)23(33)34-20(2)25(26,27)28/h5-6,17,20H,4,7-16,18H2,1-3H3. The molecule has 0 bridgehead atoms. The van der Waals surface area contributed by atoms with Crippen LogP contribution in [0.1, 0.15) is 43.7 Å². The van der Waals surface area contributed by atoms with Crippen LogP contribution < -0.4 is 4.90 Å². The van der Waals surface area contributed by atoms with E-state index in [0.717, 1.165) is 71.9 Å². The number of amides is 1. The Morgan fingerprint density at radius 1 is 1.06 bits per heavy atom. The van der Waals surface area contributed by atoms with Gasteiger partial charge in [0.25, 0.3) is 0 Å². The molecule has 1 spiro atoms. The lowest BCUT2D eigenvalue weighted by atomic mass is 9.84. The number of likely N-dealkylation sites (tertiary alicyclic amines) is 2. The Hall–Kier alpha value is -2.00. The number of halogens is 3. The van der Waals surface area contributed by atoms with Gasteiger partial charge in [-0.1, -0.05) is 12.1 Å². The zero-order valence-corrected chi connectivity index (χ0v) is 20.5. The van der Waals surface area contributed by atoms with Crippen LogP contribution in [0.2, 0.25) is 0 Å². The van der Waals surface area contributed by atoms with Gasteiger partial charge in [0.05, 0.1) is 0 Å². The molecule has 1 unspecified atom stereocenters. The Morgan fingerprint density at radius 3 is 2.38 bits per heavy atom. The molecule has 4 rings (SSSR count). The Balaban J connectivity index is 1.42. The third-order valence-corrected chi connectivity index (χ3v) is 7.88. The monoisotopic (exact) mass is 482 g/mol. The summed E-state index contributed by atoms with van der Waals surface area (Å²) in [5.74, 6) is 0. The molecule has 0 N–H and O–H groups in total. The average molecular weight is 483 g/mol. The fourth-order valence-electron chi connectivity index (χ4n) is 5.56. The maximum atomic E-state index is 12.8. The fraction of sp³-hybridized carbons (Fsp3) is 0.720. The summed E-state index contributed by atoms with van der Waals surface area (Å²) < 4.78 is 43.0. The summed E-state index contributed by atoms with van der Waals surface area (Å²) >= 11 is 0. The number of hydrogen-bond donors (Lipinski definition) is 0. The molecule has 0 aliphatic carbocycles. The van der Waals surface area contributed by atoms with E-state index in [0.29, 0.717) is 13.1 Å². The number of ether oxygens (including phenoxy) is 1. The van der Waals surface area contributed by atoms with Crippen molar-refractivity contribution >= 4 is 11.8 Å². The number of nitrogens with zero attached hydrogens (tertiary/aromatic N) is 4. The summed E-state index contributed by atoms with van der Waals surface area (Å²) in [7, 11) is 2.16. The number of aryl methyl sites for hydroxylation is 1. The molecular formula is C25H37F3N4O2. The van der Waals surface area contributed by atoms with E-state index in [1.54, 1.807) is 0 Å². The Kier molecular flexibility index (Phi) is 7.33. The van der Waals surface area contributed by atoms with Crippen molar-refractivity contribution in [3.63, 3.8) is 0 Å². The van der Waals surface area contributed by atoms with Gasteiger partial charge < -0.3 is 19.4 Å². The first-order valence-electron chi connectivity index (χ1n) is 12.4. The molecule has 190 valence electrons. The van der Waals surface area contributed by atoms with Crippen molar-refractivity contribution in [1.82, 2.24) is 14.7 Å². The zero-order chi connectivity index (χ0) is 24.5. The normalized spacial score (nSPS) is 22.9. The number of piperazine rings is 1. The Bertz CT molecular complexity index is 862. The van der Waals surface area contributed by atoms with Gasteiger partial charge in [0, 0.05) is 57.0 Å². The minimum Gasteiger partial charge on any atom is -0.437 e. The van der Waals surface area contributed by atoms with Crippen molar-refractivity contribution in [2.24, 2.45) is 0 Å². The molecule has 9 heteroatoms. The van der Waals surface area contributed by atoms with Crippen LogP contribution in [0.15, 0.2) is 18.2 Å². The van der Waals surface area contributed by atoms with Crippen LogP contribution in [0.5, 0.6) is 0 Å². The van der Waals surface area contributed by atoms with Gasteiger partial charge in [0.1, 0.15) is 0 Å². The molecule has 1 aromatic carbocycles. The topological polar surface area (TPSA) is 39.3 Å².